The van der Waals surface area contributed by atoms with E-state index in [1.807, 2.05) is 0 Å². The summed E-state index contributed by atoms with van der Waals surface area (Å²) < 4.78 is 13.8. The number of benzene rings is 1. The van der Waals surface area contributed by atoms with Gasteiger partial charge in [0, 0.05) is 4.47 Å². The lowest BCUT2D eigenvalue weighted by Crippen LogP contribution is -2.13. The minimum atomic E-state index is -0.528. The van der Waals surface area contributed by atoms with Crippen LogP contribution in [0.25, 0.3) is 0 Å². The molecule has 1 aromatic heterocycles. The normalized spacial score (nSPS) is 10.1. The van der Waals surface area contributed by atoms with Gasteiger partial charge in [0.25, 0.3) is 5.91 Å². The number of hydrogen-bond acceptors (Lipinski definition) is 3. The molecular formula is C9H6BrFN4O. The molecule has 1 aromatic carbocycles. The standard InChI is InChI=1S/C9H6BrFN4O/c10-5-2-1-3-6(11)8(5)13-9(16)7-4-12-15-14-7/h1-4H,(H,13,16)(H,12,14,15). The summed E-state index contributed by atoms with van der Waals surface area (Å²) in [5.74, 6) is -1.05. The van der Waals surface area contributed by atoms with Gasteiger partial charge in [0.05, 0.1) is 11.9 Å². The monoisotopic (exact) mass is 284 g/mol. The van der Waals surface area contributed by atoms with Gasteiger partial charge in [-0.3, -0.25) is 4.79 Å². The van der Waals surface area contributed by atoms with Crippen molar-refractivity contribution in [2.45, 2.75) is 0 Å². The molecule has 0 aliphatic rings. The Hall–Kier alpha value is -1.76. The number of nitrogens with one attached hydrogen (secondary N) is 2. The summed E-state index contributed by atoms with van der Waals surface area (Å²) in [6.45, 7) is 0. The second kappa shape index (κ2) is 4.40. The van der Waals surface area contributed by atoms with Gasteiger partial charge in [0.2, 0.25) is 0 Å². The lowest BCUT2D eigenvalue weighted by atomic mass is 10.3. The Bertz CT molecular complexity index is 494. The van der Waals surface area contributed by atoms with Crippen LogP contribution >= 0.6 is 15.9 Å². The third kappa shape index (κ3) is 2.08. The summed E-state index contributed by atoms with van der Waals surface area (Å²) in [7, 11) is 0. The van der Waals surface area contributed by atoms with Crippen molar-refractivity contribution in [3.63, 3.8) is 0 Å². The molecule has 0 saturated carbocycles. The molecule has 0 bridgehead atoms. The molecule has 2 aromatic rings. The fraction of sp³-hybridized carbons (Fsp3) is 0. The van der Waals surface area contributed by atoms with Crippen molar-refractivity contribution < 1.29 is 9.18 Å². The smallest absolute Gasteiger partial charge is 0.277 e. The van der Waals surface area contributed by atoms with E-state index >= 15 is 0 Å². The highest BCUT2D eigenvalue weighted by molar-refractivity contribution is 9.10. The Morgan fingerprint density at radius 2 is 2.31 bits per heavy atom. The van der Waals surface area contributed by atoms with E-state index in [4.69, 9.17) is 0 Å². The number of para-hydroxylation sites is 1. The van der Waals surface area contributed by atoms with Crippen LogP contribution in [0, 0.1) is 5.82 Å². The van der Waals surface area contributed by atoms with Gasteiger partial charge in [-0.05, 0) is 28.1 Å². The number of amides is 1. The molecule has 0 unspecified atom stereocenters. The summed E-state index contributed by atoms with van der Waals surface area (Å²) in [6.07, 6.45) is 1.25. The Kier molecular flexibility index (Phi) is 2.95. The van der Waals surface area contributed by atoms with E-state index in [0.717, 1.165) is 0 Å². The van der Waals surface area contributed by atoms with Crippen molar-refractivity contribution in [1.82, 2.24) is 15.4 Å². The topological polar surface area (TPSA) is 70.7 Å². The molecule has 5 nitrogen and oxygen atoms in total. The van der Waals surface area contributed by atoms with Gasteiger partial charge in [0.15, 0.2) is 5.69 Å². The van der Waals surface area contributed by atoms with Crippen LogP contribution in [-0.2, 0) is 0 Å². The predicted octanol–water partition coefficient (Wildman–Crippen LogP) is 1.96. The quantitative estimate of drug-likeness (QED) is 0.886. The van der Waals surface area contributed by atoms with Gasteiger partial charge in [-0.15, -0.1) is 0 Å². The number of hydrogen-bond donors (Lipinski definition) is 2. The van der Waals surface area contributed by atoms with E-state index in [2.05, 4.69) is 36.7 Å². The lowest BCUT2D eigenvalue weighted by Gasteiger charge is -2.06. The molecule has 82 valence electrons. The highest BCUT2D eigenvalue weighted by atomic mass is 79.9. The molecule has 0 fully saturated rings. The van der Waals surface area contributed by atoms with Crippen LogP contribution in [0.15, 0.2) is 28.9 Å². The van der Waals surface area contributed by atoms with Crippen LogP contribution in [0.5, 0.6) is 0 Å². The molecule has 1 amide bonds. The zero-order chi connectivity index (χ0) is 11.5. The van der Waals surface area contributed by atoms with E-state index in [1.165, 1.54) is 18.3 Å². The molecule has 2 N–H and O–H groups in total. The fourth-order valence-corrected chi connectivity index (χ4v) is 1.55. The Balaban J connectivity index is 2.25. The minimum Gasteiger partial charge on any atom is -0.317 e. The highest BCUT2D eigenvalue weighted by Crippen LogP contribution is 2.25. The molecule has 2 rings (SSSR count). The number of halogens is 2. The Morgan fingerprint density at radius 1 is 1.50 bits per heavy atom. The van der Waals surface area contributed by atoms with Crippen molar-refractivity contribution in [2.24, 2.45) is 0 Å². The fourth-order valence-electron chi connectivity index (χ4n) is 1.11. The number of aromatic amines is 1. The molecule has 0 radical (unpaired) electrons. The van der Waals surface area contributed by atoms with Gasteiger partial charge in [0.1, 0.15) is 5.82 Å². The summed E-state index contributed by atoms with van der Waals surface area (Å²) in [5.41, 5.74) is 0.172. The molecule has 1 heterocycles. The number of anilines is 1. The second-order valence-electron chi connectivity index (χ2n) is 2.91. The van der Waals surface area contributed by atoms with Crippen molar-refractivity contribution in [1.29, 1.82) is 0 Å². The van der Waals surface area contributed by atoms with Crippen LogP contribution in [0.3, 0.4) is 0 Å². The first-order valence-electron chi connectivity index (χ1n) is 4.29. The van der Waals surface area contributed by atoms with E-state index in [1.54, 1.807) is 6.07 Å². The first-order valence-corrected chi connectivity index (χ1v) is 5.09. The Morgan fingerprint density at radius 3 is 2.94 bits per heavy atom. The first-order chi connectivity index (χ1) is 7.68. The van der Waals surface area contributed by atoms with E-state index in [9.17, 15) is 9.18 Å². The van der Waals surface area contributed by atoms with Crippen LogP contribution in [0.1, 0.15) is 10.5 Å². The molecule has 0 spiro atoms. The van der Waals surface area contributed by atoms with Crippen LogP contribution < -0.4 is 5.32 Å². The summed E-state index contributed by atoms with van der Waals surface area (Å²) in [6, 6.07) is 4.41. The van der Waals surface area contributed by atoms with E-state index in [-0.39, 0.29) is 11.4 Å². The third-order valence-corrected chi connectivity index (χ3v) is 2.51. The van der Waals surface area contributed by atoms with Gasteiger partial charge >= 0.3 is 0 Å². The molecule has 0 aliphatic carbocycles. The molecule has 0 aliphatic heterocycles. The minimum absolute atomic E-state index is 0.0792. The second-order valence-corrected chi connectivity index (χ2v) is 3.76. The first kappa shape index (κ1) is 10.7. The van der Waals surface area contributed by atoms with Gasteiger partial charge in [-0.2, -0.15) is 15.4 Å². The van der Waals surface area contributed by atoms with Crippen molar-refractivity contribution in [2.75, 3.05) is 5.32 Å². The summed E-state index contributed by atoms with van der Waals surface area (Å²) >= 11 is 3.14. The number of aromatic nitrogens is 3. The molecule has 0 atom stereocenters. The zero-order valence-electron chi connectivity index (χ0n) is 7.87. The molecule has 16 heavy (non-hydrogen) atoms. The third-order valence-electron chi connectivity index (χ3n) is 1.85. The van der Waals surface area contributed by atoms with Gasteiger partial charge in [-0.25, -0.2) is 4.39 Å². The molecular weight excluding hydrogens is 279 g/mol. The number of rotatable bonds is 2. The lowest BCUT2D eigenvalue weighted by molar-refractivity contribution is 0.102. The van der Waals surface area contributed by atoms with Crippen molar-refractivity contribution in [3.8, 4) is 0 Å². The number of H-pyrrole nitrogens is 1. The average molecular weight is 285 g/mol. The van der Waals surface area contributed by atoms with Crippen LogP contribution in [-0.4, -0.2) is 21.3 Å². The van der Waals surface area contributed by atoms with Crippen molar-refractivity contribution in [3.05, 3.63) is 40.4 Å². The average Bonchev–Trinajstić information content (AvgIpc) is 2.76. The van der Waals surface area contributed by atoms with Gasteiger partial charge in [-0.1, -0.05) is 6.07 Å². The molecule has 0 saturated heterocycles. The molecule has 7 heteroatoms. The van der Waals surface area contributed by atoms with Crippen LogP contribution in [0.2, 0.25) is 0 Å². The maximum atomic E-state index is 13.4. The van der Waals surface area contributed by atoms with Gasteiger partial charge < -0.3 is 5.32 Å². The maximum Gasteiger partial charge on any atom is 0.277 e. The Labute approximate surface area is 98.2 Å². The van der Waals surface area contributed by atoms with Crippen LogP contribution in [0.4, 0.5) is 10.1 Å². The number of nitrogens with zero attached hydrogens (tertiary/aromatic N) is 2. The summed E-state index contributed by atoms with van der Waals surface area (Å²) in [4.78, 5) is 11.6. The largest absolute Gasteiger partial charge is 0.317 e. The summed E-state index contributed by atoms with van der Waals surface area (Å²) in [5, 5.41) is 11.8. The number of carbonyl (C=O) groups is 1. The van der Waals surface area contributed by atoms with E-state index < -0.39 is 11.7 Å². The van der Waals surface area contributed by atoms with E-state index in [0.29, 0.717) is 4.47 Å². The highest BCUT2D eigenvalue weighted by Gasteiger charge is 2.13. The van der Waals surface area contributed by atoms with Crippen molar-refractivity contribution >= 4 is 27.5 Å². The SMILES string of the molecule is O=C(Nc1c(F)cccc1Br)c1cn[nH]n1. The zero-order valence-corrected chi connectivity index (χ0v) is 9.45. The predicted molar refractivity (Wildman–Crippen MR) is 58.4 cm³/mol. The number of carbonyl (C=O) groups excluding carboxylic acids is 1. The maximum absolute atomic E-state index is 13.4.